The largest absolute Gasteiger partial charge is 0.377 e. The molecule has 2 heterocycles. The first-order valence-electron chi connectivity index (χ1n) is 8.63. The number of hydrogen-bond donors (Lipinski definition) is 0. The Kier molecular flexibility index (Phi) is 3.21. The molecule has 0 radical (unpaired) electrons. The lowest BCUT2D eigenvalue weighted by molar-refractivity contribution is -0.512. The molecule has 1 aliphatic carbocycles. The molecular weight excluding hydrogens is 292 g/mol. The van der Waals surface area contributed by atoms with Crippen LogP contribution in [0.5, 0.6) is 0 Å². The van der Waals surface area contributed by atoms with Crippen molar-refractivity contribution < 1.29 is 4.40 Å². The van der Waals surface area contributed by atoms with Gasteiger partial charge in [0.05, 0.1) is 0 Å². The lowest BCUT2D eigenvalue weighted by atomic mass is 9.81. The minimum atomic E-state index is 0.0823. The van der Waals surface area contributed by atoms with Gasteiger partial charge in [-0.25, -0.2) is 0 Å². The van der Waals surface area contributed by atoms with Crippen molar-refractivity contribution in [3.63, 3.8) is 0 Å². The van der Waals surface area contributed by atoms with Crippen molar-refractivity contribution in [2.75, 3.05) is 19.0 Å². The van der Waals surface area contributed by atoms with Gasteiger partial charge in [0.15, 0.2) is 12.4 Å². The molecule has 0 unspecified atom stereocenters. The van der Waals surface area contributed by atoms with Crippen LogP contribution in [0.15, 0.2) is 48.8 Å². The van der Waals surface area contributed by atoms with E-state index in [-0.39, 0.29) is 5.41 Å². The van der Waals surface area contributed by atoms with Crippen LogP contribution >= 0.6 is 0 Å². The average Bonchev–Trinajstić information content (AvgIpc) is 2.88. The first kappa shape index (κ1) is 15.2. The van der Waals surface area contributed by atoms with E-state index < -0.39 is 0 Å². The summed E-state index contributed by atoms with van der Waals surface area (Å²) in [4.78, 5) is 2.17. The van der Waals surface area contributed by atoms with Crippen molar-refractivity contribution in [1.29, 1.82) is 0 Å². The van der Waals surface area contributed by atoms with Gasteiger partial charge in [-0.05, 0) is 16.5 Å². The summed E-state index contributed by atoms with van der Waals surface area (Å²) in [6.45, 7) is 6.98. The average molecular weight is 317 g/mol. The van der Waals surface area contributed by atoms with Crippen LogP contribution in [-0.4, -0.2) is 14.1 Å². The molecule has 0 fully saturated rings. The van der Waals surface area contributed by atoms with Gasteiger partial charge < -0.3 is 4.90 Å². The van der Waals surface area contributed by atoms with E-state index in [1.54, 1.807) is 0 Å². The van der Waals surface area contributed by atoms with Crippen LogP contribution in [0.25, 0.3) is 16.6 Å². The van der Waals surface area contributed by atoms with Gasteiger partial charge in [0, 0.05) is 55.0 Å². The van der Waals surface area contributed by atoms with E-state index in [1.165, 1.54) is 39.0 Å². The molecule has 1 aliphatic rings. The molecule has 0 N–H and O–H groups in total. The standard InChI is InChI=1S/C22H25N2/c1-22(2,3)21-19-13-17(23(4)5)10-11-24(19)14-16-12-15-8-6-7-9-18(15)20(16)21/h6-11,13-14H,12H2,1-5H3/q+1. The molecule has 24 heavy (non-hydrogen) atoms. The van der Waals surface area contributed by atoms with E-state index in [2.05, 4.69) is 93.0 Å². The molecule has 4 rings (SSSR count). The van der Waals surface area contributed by atoms with E-state index in [1.807, 2.05) is 0 Å². The topological polar surface area (TPSA) is 7.34 Å². The molecule has 0 amide bonds. The second kappa shape index (κ2) is 5.07. The number of anilines is 1. The first-order chi connectivity index (χ1) is 11.4. The third-order valence-corrected chi connectivity index (χ3v) is 5.02. The molecule has 1 aromatic carbocycles. The van der Waals surface area contributed by atoms with E-state index in [0.717, 1.165) is 6.42 Å². The number of aromatic nitrogens is 1. The Morgan fingerprint density at radius 2 is 1.75 bits per heavy atom. The zero-order chi connectivity index (χ0) is 17.1. The van der Waals surface area contributed by atoms with E-state index in [9.17, 15) is 0 Å². The fourth-order valence-electron chi connectivity index (χ4n) is 3.94. The van der Waals surface area contributed by atoms with Gasteiger partial charge in [-0.1, -0.05) is 45.0 Å². The summed E-state index contributed by atoms with van der Waals surface area (Å²) in [6, 6.07) is 13.4. The molecule has 0 bridgehead atoms. The highest BCUT2D eigenvalue weighted by Gasteiger charge is 2.33. The van der Waals surface area contributed by atoms with Crippen molar-refractivity contribution in [3.8, 4) is 11.1 Å². The van der Waals surface area contributed by atoms with Crippen LogP contribution in [0.2, 0.25) is 0 Å². The second-order valence-corrected chi connectivity index (χ2v) is 8.06. The highest BCUT2D eigenvalue weighted by Crippen LogP contribution is 2.43. The maximum atomic E-state index is 2.33. The molecular formula is C22H25N2+. The van der Waals surface area contributed by atoms with Crippen molar-refractivity contribution in [2.45, 2.75) is 32.6 Å². The lowest BCUT2D eigenvalue weighted by Crippen LogP contribution is -2.28. The Bertz CT molecular complexity index is 946. The van der Waals surface area contributed by atoms with Crippen LogP contribution in [0.3, 0.4) is 0 Å². The van der Waals surface area contributed by atoms with Crippen molar-refractivity contribution in [3.05, 3.63) is 65.5 Å². The fraction of sp³-hybridized carbons (Fsp3) is 0.318. The fourth-order valence-corrected chi connectivity index (χ4v) is 3.94. The quantitative estimate of drug-likeness (QED) is 0.473. The molecule has 2 aromatic heterocycles. The van der Waals surface area contributed by atoms with Crippen LogP contribution in [-0.2, 0) is 11.8 Å². The predicted molar refractivity (Wildman–Crippen MR) is 101 cm³/mol. The van der Waals surface area contributed by atoms with E-state index in [0.29, 0.717) is 0 Å². The molecule has 0 atom stereocenters. The second-order valence-electron chi connectivity index (χ2n) is 8.06. The molecule has 2 heteroatoms. The number of pyridine rings is 2. The maximum absolute atomic E-state index is 2.33. The van der Waals surface area contributed by atoms with Gasteiger partial charge >= 0.3 is 0 Å². The molecule has 3 aromatic rings. The number of benzene rings is 1. The number of rotatable bonds is 1. The van der Waals surface area contributed by atoms with Gasteiger partial charge in [-0.15, -0.1) is 0 Å². The Labute approximate surface area is 144 Å². The lowest BCUT2D eigenvalue weighted by Gasteiger charge is -2.23. The van der Waals surface area contributed by atoms with Crippen LogP contribution in [0, 0.1) is 0 Å². The summed E-state index contributed by atoms with van der Waals surface area (Å²) < 4.78 is 2.30. The summed E-state index contributed by atoms with van der Waals surface area (Å²) >= 11 is 0. The summed E-state index contributed by atoms with van der Waals surface area (Å²) in [5.41, 5.74) is 9.84. The van der Waals surface area contributed by atoms with Crippen LogP contribution in [0.4, 0.5) is 5.69 Å². The maximum Gasteiger partial charge on any atom is 0.217 e. The molecule has 2 nitrogen and oxygen atoms in total. The SMILES string of the molecule is CN(C)c1cc[n+]2cc3c(c(C(C)(C)C)c2c1)-c1ccccc1C3. The van der Waals surface area contributed by atoms with Crippen molar-refractivity contribution in [2.24, 2.45) is 0 Å². The molecule has 0 spiro atoms. The Morgan fingerprint density at radius 3 is 2.46 bits per heavy atom. The monoisotopic (exact) mass is 317 g/mol. The predicted octanol–water partition coefficient (Wildman–Crippen LogP) is 4.36. The van der Waals surface area contributed by atoms with Crippen molar-refractivity contribution >= 4 is 11.2 Å². The van der Waals surface area contributed by atoms with Crippen LogP contribution in [0.1, 0.15) is 37.5 Å². The first-order valence-corrected chi connectivity index (χ1v) is 8.63. The number of nitrogens with zero attached hydrogens (tertiary/aromatic N) is 2. The van der Waals surface area contributed by atoms with Gasteiger partial charge in [0.25, 0.3) is 0 Å². The number of fused-ring (bicyclic) bond motifs is 4. The minimum absolute atomic E-state index is 0.0823. The normalized spacial score (nSPS) is 13.0. The summed E-state index contributed by atoms with van der Waals surface area (Å²) in [6.07, 6.45) is 5.55. The smallest absolute Gasteiger partial charge is 0.217 e. The summed E-state index contributed by atoms with van der Waals surface area (Å²) in [5, 5.41) is 0. The molecule has 0 saturated carbocycles. The zero-order valence-electron chi connectivity index (χ0n) is 15.2. The molecule has 0 saturated heterocycles. The zero-order valence-corrected chi connectivity index (χ0v) is 15.2. The molecule has 0 aliphatic heterocycles. The minimum Gasteiger partial charge on any atom is -0.377 e. The third kappa shape index (κ3) is 2.21. The van der Waals surface area contributed by atoms with Gasteiger partial charge in [0.2, 0.25) is 5.52 Å². The summed E-state index contributed by atoms with van der Waals surface area (Å²) in [7, 11) is 4.20. The Morgan fingerprint density at radius 1 is 1.00 bits per heavy atom. The number of hydrogen-bond acceptors (Lipinski definition) is 1. The van der Waals surface area contributed by atoms with E-state index in [4.69, 9.17) is 0 Å². The summed E-state index contributed by atoms with van der Waals surface area (Å²) in [5.74, 6) is 0. The van der Waals surface area contributed by atoms with Gasteiger partial charge in [-0.3, -0.25) is 0 Å². The van der Waals surface area contributed by atoms with Crippen LogP contribution < -0.4 is 9.30 Å². The van der Waals surface area contributed by atoms with Gasteiger partial charge in [-0.2, -0.15) is 4.40 Å². The van der Waals surface area contributed by atoms with Gasteiger partial charge in [0.1, 0.15) is 0 Å². The highest BCUT2D eigenvalue weighted by atomic mass is 15.1. The van der Waals surface area contributed by atoms with E-state index >= 15 is 0 Å². The molecule has 122 valence electrons. The Hall–Kier alpha value is -2.35. The Balaban J connectivity index is 2.13. The highest BCUT2D eigenvalue weighted by molar-refractivity contribution is 5.84. The third-order valence-electron chi connectivity index (χ3n) is 5.02. The van der Waals surface area contributed by atoms with Crippen molar-refractivity contribution in [1.82, 2.24) is 0 Å².